The summed E-state index contributed by atoms with van der Waals surface area (Å²) >= 11 is 0. The van der Waals surface area contributed by atoms with E-state index in [1.54, 1.807) is 0 Å². The molecule has 19 heavy (non-hydrogen) atoms. The minimum atomic E-state index is 0.108. The monoisotopic (exact) mass is 263 g/mol. The van der Waals surface area contributed by atoms with Crippen molar-refractivity contribution in [2.24, 2.45) is 0 Å². The molecule has 1 amide bonds. The average Bonchev–Trinajstić information content (AvgIpc) is 2.38. The molecule has 0 aromatic heterocycles. The molecule has 1 aromatic carbocycles. The highest BCUT2D eigenvalue weighted by Gasteiger charge is 2.05. The molecule has 0 radical (unpaired) electrons. The lowest BCUT2D eigenvalue weighted by Gasteiger charge is -2.16. The summed E-state index contributed by atoms with van der Waals surface area (Å²) in [6, 6.07) is 7.97. The third-order valence-electron chi connectivity index (χ3n) is 2.97. The van der Waals surface area contributed by atoms with Gasteiger partial charge in [-0.25, -0.2) is 0 Å². The van der Waals surface area contributed by atoms with Gasteiger partial charge in [0.2, 0.25) is 5.91 Å². The van der Waals surface area contributed by atoms with Crippen LogP contribution in [0.1, 0.15) is 25.3 Å². The van der Waals surface area contributed by atoms with Crippen LogP contribution in [-0.2, 0) is 11.2 Å². The Balaban J connectivity index is 2.18. The van der Waals surface area contributed by atoms with Crippen molar-refractivity contribution in [2.75, 3.05) is 32.4 Å². The molecule has 0 aliphatic heterocycles. The van der Waals surface area contributed by atoms with Crippen LogP contribution in [-0.4, -0.2) is 37.5 Å². The molecule has 0 saturated heterocycles. The molecule has 0 aliphatic rings. The summed E-state index contributed by atoms with van der Waals surface area (Å²) in [5.41, 5.74) is 7.73. The number of anilines is 1. The van der Waals surface area contributed by atoms with Crippen molar-refractivity contribution < 1.29 is 4.79 Å². The second-order valence-corrected chi connectivity index (χ2v) is 4.93. The van der Waals surface area contributed by atoms with Crippen molar-refractivity contribution in [3.63, 3.8) is 0 Å². The fraction of sp³-hybridized carbons (Fsp3) is 0.533. The van der Waals surface area contributed by atoms with Crippen LogP contribution in [0.4, 0.5) is 5.69 Å². The topological polar surface area (TPSA) is 58.4 Å². The van der Waals surface area contributed by atoms with Crippen molar-refractivity contribution in [3.8, 4) is 0 Å². The zero-order valence-electron chi connectivity index (χ0n) is 12.0. The number of amides is 1. The van der Waals surface area contributed by atoms with Crippen LogP contribution in [0.3, 0.4) is 0 Å². The smallest absolute Gasteiger partial charge is 0.234 e. The number of hydrogen-bond acceptors (Lipinski definition) is 3. The van der Waals surface area contributed by atoms with Crippen molar-refractivity contribution in [2.45, 2.75) is 26.2 Å². The van der Waals surface area contributed by atoms with E-state index < -0.39 is 0 Å². The van der Waals surface area contributed by atoms with Crippen LogP contribution in [0.2, 0.25) is 0 Å². The van der Waals surface area contributed by atoms with Crippen LogP contribution < -0.4 is 11.1 Å². The van der Waals surface area contributed by atoms with Crippen LogP contribution in [0.25, 0.3) is 0 Å². The molecular weight excluding hydrogens is 238 g/mol. The Morgan fingerprint density at radius 2 is 2.00 bits per heavy atom. The zero-order chi connectivity index (χ0) is 14.1. The second-order valence-electron chi connectivity index (χ2n) is 4.93. The van der Waals surface area contributed by atoms with Crippen molar-refractivity contribution in [3.05, 3.63) is 29.8 Å². The normalized spacial score (nSPS) is 10.7. The molecule has 0 aliphatic carbocycles. The first-order chi connectivity index (χ1) is 9.11. The van der Waals surface area contributed by atoms with E-state index in [1.807, 2.05) is 19.2 Å². The Bertz CT molecular complexity index is 375. The van der Waals surface area contributed by atoms with Gasteiger partial charge < -0.3 is 11.1 Å². The molecule has 1 rings (SSSR count). The number of carbonyl (C=O) groups is 1. The Hall–Kier alpha value is -1.55. The van der Waals surface area contributed by atoms with E-state index in [2.05, 4.69) is 29.3 Å². The summed E-state index contributed by atoms with van der Waals surface area (Å²) < 4.78 is 0. The summed E-state index contributed by atoms with van der Waals surface area (Å²) in [7, 11) is 1.98. The minimum absolute atomic E-state index is 0.108. The first-order valence-electron chi connectivity index (χ1n) is 6.91. The molecule has 0 unspecified atom stereocenters. The third kappa shape index (κ3) is 6.82. The van der Waals surface area contributed by atoms with E-state index >= 15 is 0 Å². The highest BCUT2D eigenvalue weighted by Crippen LogP contribution is 2.07. The number of nitrogens with two attached hydrogens (primary N) is 1. The van der Waals surface area contributed by atoms with Crippen molar-refractivity contribution >= 4 is 11.6 Å². The maximum absolute atomic E-state index is 11.5. The van der Waals surface area contributed by atoms with Gasteiger partial charge in [0, 0.05) is 12.2 Å². The highest BCUT2D eigenvalue weighted by molar-refractivity contribution is 5.77. The van der Waals surface area contributed by atoms with Gasteiger partial charge in [0.1, 0.15) is 0 Å². The maximum Gasteiger partial charge on any atom is 0.234 e. The molecule has 1 aromatic rings. The number of nitrogen functional groups attached to an aromatic ring is 1. The van der Waals surface area contributed by atoms with Gasteiger partial charge in [-0.05, 0) is 50.6 Å². The number of carbonyl (C=O) groups excluding carboxylic acids is 1. The van der Waals surface area contributed by atoms with E-state index in [-0.39, 0.29) is 5.91 Å². The zero-order valence-corrected chi connectivity index (χ0v) is 12.0. The van der Waals surface area contributed by atoms with Gasteiger partial charge in [-0.3, -0.25) is 9.69 Å². The quantitative estimate of drug-likeness (QED) is 0.701. The van der Waals surface area contributed by atoms with E-state index in [1.165, 1.54) is 5.56 Å². The summed E-state index contributed by atoms with van der Waals surface area (Å²) in [5.74, 6) is 0.108. The second kappa shape index (κ2) is 8.53. The lowest BCUT2D eigenvalue weighted by atomic mass is 10.1. The van der Waals surface area contributed by atoms with Crippen LogP contribution in [0.5, 0.6) is 0 Å². The standard InChI is InChI=1S/C15H25N3O/c1-3-10-17-15(19)12-18(2)11-4-5-13-6-8-14(16)9-7-13/h6-9H,3-5,10-12,16H2,1-2H3,(H,17,19). The number of hydrogen-bond donors (Lipinski definition) is 2. The van der Waals surface area contributed by atoms with Crippen molar-refractivity contribution in [1.82, 2.24) is 10.2 Å². The molecule has 0 saturated carbocycles. The highest BCUT2D eigenvalue weighted by atomic mass is 16.2. The predicted molar refractivity (Wildman–Crippen MR) is 80.0 cm³/mol. The SMILES string of the molecule is CCCNC(=O)CN(C)CCCc1ccc(N)cc1. The minimum Gasteiger partial charge on any atom is -0.399 e. The first-order valence-corrected chi connectivity index (χ1v) is 6.91. The molecule has 4 heteroatoms. The van der Waals surface area contributed by atoms with Crippen molar-refractivity contribution in [1.29, 1.82) is 0 Å². The summed E-state index contributed by atoms with van der Waals surface area (Å²) in [6.45, 7) is 4.21. The molecule has 0 atom stereocenters. The number of aryl methyl sites for hydroxylation is 1. The molecule has 0 heterocycles. The van der Waals surface area contributed by atoms with E-state index in [9.17, 15) is 4.79 Å². The first kappa shape index (κ1) is 15.5. The number of nitrogens with zero attached hydrogens (tertiary/aromatic N) is 1. The number of benzene rings is 1. The predicted octanol–water partition coefficient (Wildman–Crippen LogP) is 1.66. The van der Waals surface area contributed by atoms with E-state index in [0.717, 1.165) is 38.0 Å². The van der Waals surface area contributed by atoms with E-state index in [0.29, 0.717) is 6.54 Å². The Kier molecular flexibility index (Phi) is 6.97. The average molecular weight is 263 g/mol. The fourth-order valence-corrected chi connectivity index (χ4v) is 1.88. The lowest BCUT2D eigenvalue weighted by molar-refractivity contribution is -0.121. The number of rotatable bonds is 8. The lowest BCUT2D eigenvalue weighted by Crippen LogP contribution is -2.35. The van der Waals surface area contributed by atoms with Gasteiger partial charge in [-0.2, -0.15) is 0 Å². The molecule has 0 fully saturated rings. The number of likely N-dealkylation sites (N-methyl/N-ethyl adjacent to an activating group) is 1. The molecule has 0 bridgehead atoms. The van der Waals surface area contributed by atoms with Gasteiger partial charge in [0.05, 0.1) is 6.54 Å². The molecular formula is C15H25N3O. The Morgan fingerprint density at radius 3 is 2.63 bits per heavy atom. The summed E-state index contributed by atoms with van der Waals surface area (Å²) in [4.78, 5) is 13.6. The molecule has 106 valence electrons. The maximum atomic E-state index is 11.5. The fourth-order valence-electron chi connectivity index (χ4n) is 1.88. The van der Waals surface area contributed by atoms with Gasteiger partial charge in [-0.1, -0.05) is 19.1 Å². The van der Waals surface area contributed by atoms with Gasteiger partial charge in [0.25, 0.3) is 0 Å². The van der Waals surface area contributed by atoms with Gasteiger partial charge >= 0.3 is 0 Å². The summed E-state index contributed by atoms with van der Waals surface area (Å²) in [6.07, 6.45) is 3.04. The number of nitrogens with one attached hydrogen (secondary N) is 1. The van der Waals surface area contributed by atoms with Crippen LogP contribution in [0, 0.1) is 0 Å². The van der Waals surface area contributed by atoms with Gasteiger partial charge in [-0.15, -0.1) is 0 Å². The third-order valence-corrected chi connectivity index (χ3v) is 2.97. The molecule has 3 N–H and O–H groups in total. The van der Waals surface area contributed by atoms with Crippen LogP contribution >= 0.6 is 0 Å². The molecule has 0 spiro atoms. The van der Waals surface area contributed by atoms with Gasteiger partial charge in [0.15, 0.2) is 0 Å². The Labute approximate surface area is 116 Å². The summed E-state index contributed by atoms with van der Waals surface area (Å²) in [5, 5.41) is 2.88. The molecule has 4 nitrogen and oxygen atoms in total. The largest absolute Gasteiger partial charge is 0.399 e. The van der Waals surface area contributed by atoms with E-state index in [4.69, 9.17) is 5.73 Å². The van der Waals surface area contributed by atoms with Crippen LogP contribution in [0.15, 0.2) is 24.3 Å². The Morgan fingerprint density at radius 1 is 1.32 bits per heavy atom.